The molecule has 0 radical (unpaired) electrons. The zero-order chi connectivity index (χ0) is 15.6. The average molecular weight is 305 g/mol. The maximum atomic E-state index is 12.2. The van der Waals surface area contributed by atoms with Crippen LogP contribution in [0.5, 0.6) is 0 Å². The number of nitrogens with zero attached hydrogens (tertiary/aromatic N) is 1. The number of rotatable bonds is 3. The number of anilines is 2. The van der Waals surface area contributed by atoms with Crippen molar-refractivity contribution in [3.8, 4) is 0 Å². The Hall–Kier alpha value is -2.41. The van der Waals surface area contributed by atoms with Crippen LogP contribution in [0.3, 0.4) is 0 Å². The molecule has 2 aromatic rings. The summed E-state index contributed by atoms with van der Waals surface area (Å²) < 4.78 is 1.44. The van der Waals surface area contributed by atoms with Crippen LogP contribution in [0.4, 0.5) is 11.4 Å². The van der Waals surface area contributed by atoms with Gasteiger partial charge in [-0.15, -0.1) is 0 Å². The van der Waals surface area contributed by atoms with E-state index >= 15 is 0 Å². The molecule has 0 atom stereocenters. The first-order valence-electron chi connectivity index (χ1n) is 6.24. The van der Waals surface area contributed by atoms with Crippen LogP contribution in [0.15, 0.2) is 29.1 Å². The van der Waals surface area contributed by atoms with E-state index in [4.69, 9.17) is 0 Å². The number of carbonyl (C=O) groups excluding carboxylic acids is 2. The molecule has 21 heavy (non-hydrogen) atoms. The number of hydrogen-bond acceptors (Lipinski definition) is 4. The first-order chi connectivity index (χ1) is 9.88. The highest BCUT2D eigenvalue weighted by atomic mass is 32.1. The highest BCUT2D eigenvalue weighted by Gasteiger charge is 2.16. The second kappa shape index (κ2) is 5.92. The van der Waals surface area contributed by atoms with Crippen molar-refractivity contribution >= 4 is 34.5 Å². The molecule has 0 unspecified atom stereocenters. The van der Waals surface area contributed by atoms with Crippen molar-refractivity contribution in [2.75, 3.05) is 10.6 Å². The lowest BCUT2D eigenvalue weighted by Crippen LogP contribution is -2.13. The molecule has 0 bridgehead atoms. The van der Waals surface area contributed by atoms with Crippen LogP contribution in [0.25, 0.3) is 0 Å². The molecule has 0 saturated carbocycles. The van der Waals surface area contributed by atoms with Gasteiger partial charge in [-0.3, -0.25) is 14.4 Å². The second-order valence-corrected chi connectivity index (χ2v) is 5.52. The molecule has 1 heterocycles. The van der Waals surface area contributed by atoms with E-state index < -0.39 is 0 Å². The number of amides is 2. The number of hydrogen-bond donors (Lipinski definition) is 2. The van der Waals surface area contributed by atoms with Crippen molar-refractivity contribution in [1.29, 1.82) is 0 Å². The van der Waals surface area contributed by atoms with Crippen LogP contribution in [0.2, 0.25) is 0 Å². The predicted octanol–water partition coefficient (Wildman–Crippen LogP) is 1.97. The summed E-state index contributed by atoms with van der Waals surface area (Å²) in [6.07, 6.45) is 0. The molecule has 0 aliphatic heterocycles. The summed E-state index contributed by atoms with van der Waals surface area (Å²) in [7, 11) is 1.63. The quantitative estimate of drug-likeness (QED) is 0.909. The molecule has 0 spiro atoms. The van der Waals surface area contributed by atoms with Crippen LogP contribution < -0.4 is 15.5 Å². The molecule has 1 aromatic heterocycles. The van der Waals surface area contributed by atoms with Gasteiger partial charge in [0.15, 0.2) is 0 Å². The van der Waals surface area contributed by atoms with E-state index in [-0.39, 0.29) is 16.7 Å². The lowest BCUT2D eigenvalue weighted by molar-refractivity contribution is -0.114. The van der Waals surface area contributed by atoms with Crippen molar-refractivity contribution in [1.82, 2.24) is 4.57 Å². The Kier molecular flexibility index (Phi) is 4.23. The first-order valence-corrected chi connectivity index (χ1v) is 7.05. The molecule has 0 aliphatic carbocycles. The largest absolute Gasteiger partial charge is 0.326 e. The van der Waals surface area contributed by atoms with Crippen molar-refractivity contribution in [2.24, 2.45) is 7.05 Å². The average Bonchev–Trinajstić information content (AvgIpc) is 2.66. The van der Waals surface area contributed by atoms with Gasteiger partial charge in [0.2, 0.25) is 5.91 Å². The van der Waals surface area contributed by atoms with Crippen LogP contribution in [-0.4, -0.2) is 16.4 Å². The highest BCUT2D eigenvalue weighted by molar-refractivity contribution is 7.11. The zero-order valence-electron chi connectivity index (χ0n) is 11.9. The maximum Gasteiger partial charge on any atom is 0.307 e. The van der Waals surface area contributed by atoms with Crippen LogP contribution in [-0.2, 0) is 11.8 Å². The minimum absolute atomic E-state index is 0.176. The molecular weight excluding hydrogens is 290 g/mol. The minimum atomic E-state index is -0.338. The molecule has 2 rings (SSSR count). The predicted molar refractivity (Wildman–Crippen MR) is 83.0 cm³/mol. The van der Waals surface area contributed by atoms with Crippen LogP contribution in [0.1, 0.15) is 22.3 Å². The van der Waals surface area contributed by atoms with E-state index in [1.807, 2.05) is 0 Å². The number of thiazole rings is 1. The summed E-state index contributed by atoms with van der Waals surface area (Å²) in [6.45, 7) is 3.14. The fourth-order valence-electron chi connectivity index (χ4n) is 1.80. The van der Waals surface area contributed by atoms with Gasteiger partial charge in [-0.2, -0.15) is 0 Å². The number of carbonyl (C=O) groups is 2. The Morgan fingerprint density at radius 1 is 1.19 bits per heavy atom. The van der Waals surface area contributed by atoms with Gasteiger partial charge in [0, 0.05) is 31.0 Å². The summed E-state index contributed by atoms with van der Waals surface area (Å²) in [5, 5.41) is 5.36. The molecule has 7 heteroatoms. The molecular formula is C14H15N3O3S. The summed E-state index contributed by atoms with van der Waals surface area (Å²) in [4.78, 5) is 35.0. The zero-order valence-corrected chi connectivity index (χ0v) is 12.7. The SMILES string of the molecule is CC(=O)Nc1cccc(NC(=O)c2sc(=O)n(C)c2C)c1. The standard InChI is InChI=1S/C14H15N3O3S/c1-8-12(21-14(20)17(8)3)13(19)16-11-6-4-5-10(7-11)15-9(2)18/h4-7H,1-3H3,(H,15,18)(H,16,19). The smallest absolute Gasteiger partial charge is 0.307 e. The third-order valence-corrected chi connectivity index (χ3v) is 4.08. The van der Waals surface area contributed by atoms with Gasteiger partial charge in [-0.1, -0.05) is 17.4 Å². The third-order valence-electron chi connectivity index (χ3n) is 2.94. The van der Waals surface area contributed by atoms with E-state index in [1.54, 1.807) is 38.2 Å². The maximum absolute atomic E-state index is 12.2. The monoisotopic (exact) mass is 305 g/mol. The fraction of sp³-hybridized carbons (Fsp3) is 0.214. The molecule has 1 aromatic carbocycles. The van der Waals surface area contributed by atoms with E-state index in [0.717, 1.165) is 11.3 Å². The Balaban J connectivity index is 2.21. The van der Waals surface area contributed by atoms with Crippen molar-refractivity contribution < 1.29 is 9.59 Å². The number of nitrogens with one attached hydrogen (secondary N) is 2. The molecule has 2 N–H and O–H groups in total. The number of benzene rings is 1. The minimum Gasteiger partial charge on any atom is -0.326 e. The van der Waals surface area contributed by atoms with Gasteiger partial charge in [-0.25, -0.2) is 0 Å². The van der Waals surface area contributed by atoms with Gasteiger partial charge in [0.1, 0.15) is 4.88 Å². The molecule has 2 amide bonds. The molecule has 0 saturated heterocycles. The van der Waals surface area contributed by atoms with Crippen molar-refractivity contribution in [3.63, 3.8) is 0 Å². The van der Waals surface area contributed by atoms with Gasteiger partial charge in [-0.05, 0) is 25.1 Å². The van der Waals surface area contributed by atoms with E-state index in [0.29, 0.717) is 21.9 Å². The van der Waals surface area contributed by atoms with Gasteiger partial charge >= 0.3 is 4.87 Å². The van der Waals surface area contributed by atoms with E-state index in [2.05, 4.69) is 10.6 Å². The Bertz CT molecular complexity index is 761. The highest BCUT2D eigenvalue weighted by Crippen LogP contribution is 2.18. The van der Waals surface area contributed by atoms with Crippen LogP contribution in [0, 0.1) is 6.92 Å². The fourth-order valence-corrected chi connectivity index (χ4v) is 2.67. The molecule has 0 aliphatic rings. The topological polar surface area (TPSA) is 80.2 Å². The van der Waals surface area contributed by atoms with Crippen LogP contribution >= 0.6 is 11.3 Å². The number of aromatic nitrogens is 1. The lowest BCUT2D eigenvalue weighted by atomic mass is 10.2. The lowest BCUT2D eigenvalue weighted by Gasteiger charge is -2.07. The summed E-state index contributed by atoms with van der Waals surface area (Å²) in [6, 6.07) is 6.81. The van der Waals surface area contributed by atoms with Crippen molar-refractivity contribution in [2.45, 2.75) is 13.8 Å². The Labute approximate surface area is 125 Å². The van der Waals surface area contributed by atoms with Gasteiger partial charge in [0.25, 0.3) is 5.91 Å². The summed E-state index contributed by atoms with van der Waals surface area (Å²) >= 11 is 0.909. The Morgan fingerprint density at radius 3 is 2.33 bits per heavy atom. The summed E-state index contributed by atoms with van der Waals surface area (Å²) in [5.41, 5.74) is 1.77. The molecule has 110 valence electrons. The first kappa shape index (κ1) is 15.0. The summed E-state index contributed by atoms with van der Waals surface area (Å²) in [5.74, 6) is -0.522. The van der Waals surface area contributed by atoms with Crippen molar-refractivity contribution in [3.05, 3.63) is 44.5 Å². The normalized spacial score (nSPS) is 10.2. The second-order valence-electron chi connectivity index (χ2n) is 4.56. The molecule has 0 fully saturated rings. The van der Waals surface area contributed by atoms with Gasteiger partial charge < -0.3 is 15.2 Å². The van der Waals surface area contributed by atoms with Gasteiger partial charge in [0.05, 0.1) is 0 Å². The van der Waals surface area contributed by atoms with E-state index in [1.165, 1.54) is 11.5 Å². The third kappa shape index (κ3) is 3.38. The molecule has 6 nitrogen and oxygen atoms in total. The van der Waals surface area contributed by atoms with E-state index in [9.17, 15) is 14.4 Å². The Morgan fingerprint density at radius 2 is 1.81 bits per heavy atom.